The molecule has 1 amide bonds. The second-order valence-electron chi connectivity index (χ2n) is 5.34. The number of aliphatic carboxylic acids is 1. The molecule has 2 N–H and O–H groups in total. The first kappa shape index (κ1) is 14.7. The van der Waals surface area contributed by atoms with Crippen molar-refractivity contribution in [1.82, 2.24) is 5.32 Å². The van der Waals surface area contributed by atoms with Crippen LogP contribution in [-0.2, 0) is 9.59 Å². The van der Waals surface area contributed by atoms with Crippen LogP contribution in [0.5, 0.6) is 0 Å². The van der Waals surface area contributed by atoms with Gasteiger partial charge in [0, 0.05) is 5.57 Å². The molecule has 0 aromatic heterocycles. The summed E-state index contributed by atoms with van der Waals surface area (Å²) in [5.74, 6) is -0.828. The number of amides is 1. The number of rotatable bonds is 4. The minimum absolute atomic E-state index is 0.256. The summed E-state index contributed by atoms with van der Waals surface area (Å²) in [5.41, 5.74) is -0.478. The van der Waals surface area contributed by atoms with Crippen LogP contribution in [0, 0.1) is 5.92 Å². The van der Waals surface area contributed by atoms with Crippen LogP contribution < -0.4 is 5.32 Å². The van der Waals surface area contributed by atoms with Gasteiger partial charge >= 0.3 is 5.97 Å². The van der Waals surface area contributed by atoms with Crippen molar-refractivity contribution in [2.75, 3.05) is 0 Å². The van der Waals surface area contributed by atoms with Crippen LogP contribution in [0.1, 0.15) is 52.9 Å². The van der Waals surface area contributed by atoms with E-state index in [9.17, 15) is 14.7 Å². The summed E-state index contributed by atoms with van der Waals surface area (Å²) in [6, 6.07) is 0. The topological polar surface area (TPSA) is 66.4 Å². The van der Waals surface area contributed by atoms with Gasteiger partial charge in [-0.2, -0.15) is 0 Å². The van der Waals surface area contributed by atoms with Crippen molar-refractivity contribution in [3.63, 3.8) is 0 Å². The van der Waals surface area contributed by atoms with Crippen LogP contribution in [0.2, 0.25) is 0 Å². The van der Waals surface area contributed by atoms with Crippen molar-refractivity contribution in [3.05, 3.63) is 11.6 Å². The second kappa shape index (κ2) is 6.03. The fourth-order valence-corrected chi connectivity index (χ4v) is 2.63. The van der Waals surface area contributed by atoms with Gasteiger partial charge in [-0.15, -0.1) is 0 Å². The van der Waals surface area contributed by atoms with Gasteiger partial charge < -0.3 is 10.4 Å². The smallest absolute Gasteiger partial charge is 0.329 e. The van der Waals surface area contributed by atoms with Crippen LogP contribution in [-0.4, -0.2) is 22.5 Å². The van der Waals surface area contributed by atoms with Gasteiger partial charge in [0.05, 0.1) is 0 Å². The third-order valence-corrected chi connectivity index (χ3v) is 3.63. The molecule has 18 heavy (non-hydrogen) atoms. The number of carbonyl (C=O) groups is 2. The Morgan fingerprint density at radius 2 is 2.17 bits per heavy atom. The molecule has 2 unspecified atom stereocenters. The molecule has 0 saturated heterocycles. The molecule has 0 aromatic rings. The highest BCUT2D eigenvalue weighted by Gasteiger charge is 2.43. The molecule has 0 radical (unpaired) electrons. The highest BCUT2D eigenvalue weighted by molar-refractivity contribution is 5.96. The number of carbonyl (C=O) groups excluding carboxylic acids is 1. The molecule has 102 valence electrons. The fraction of sp³-hybridized carbons (Fsp3) is 0.714. The Balaban J connectivity index is 2.84. The van der Waals surface area contributed by atoms with Crippen LogP contribution in [0.3, 0.4) is 0 Å². The normalized spacial score (nSPS) is 28.8. The van der Waals surface area contributed by atoms with Crippen LogP contribution in [0.25, 0.3) is 0 Å². The van der Waals surface area contributed by atoms with Gasteiger partial charge in [0.15, 0.2) is 0 Å². The molecular formula is C14H23NO3. The summed E-state index contributed by atoms with van der Waals surface area (Å²) in [6.45, 7) is 5.71. The summed E-state index contributed by atoms with van der Waals surface area (Å²) < 4.78 is 0. The van der Waals surface area contributed by atoms with E-state index in [1.54, 1.807) is 6.92 Å². The predicted octanol–water partition coefficient (Wildman–Crippen LogP) is 2.49. The molecular weight excluding hydrogens is 230 g/mol. The lowest BCUT2D eigenvalue weighted by Gasteiger charge is -2.37. The maximum absolute atomic E-state index is 12.0. The van der Waals surface area contributed by atoms with Gasteiger partial charge in [-0.05, 0) is 32.1 Å². The quantitative estimate of drug-likeness (QED) is 0.756. The van der Waals surface area contributed by atoms with E-state index in [1.165, 1.54) is 0 Å². The summed E-state index contributed by atoms with van der Waals surface area (Å²) in [5, 5.41) is 12.2. The van der Waals surface area contributed by atoms with E-state index in [0.717, 1.165) is 19.3 Å². The summed E-state index contributed by atoms with van der Waals surface area (Å²) in [7, 11) is 0. The highest BCUT2D eigenvalue weighted by atomic mass is 16.4. The van der Waals surface area contributed by atoms with E-state index in [2.05, 4.69) is 5.32 Å². The van der Waals surface area contributed by atoms with Gasteiger partial charge in [0.25, 0.3) is 0 Å². The van der Waals surface area contributed by atoms with Crippen molar-refractivity contribution in [2.24, 2.45) is 5.92 Å². The molecule has 1 saturated carbocycles. The van der Waals surface area contributed by atoms with Crippen LogP contribution in [0.15, 0.2) is 11.6 Å². The first-order valence-corrected chi connectivity index (χ1v) is 6.64. The van der Waals surface area contributed by atoms with Gasteiger partial charge in [0.2, 0.25) is 5.91 Å². The minimum Gasteiger partial charge on any atom is -0.480 e. The molecule has 0 heterocycles. The third-order valence-electron chi connectivity index (χ3n) is 3.63. The standard InChI is InChI=1S/C14H23NO3/c1-4-6-11(3)12(16)15-14(13(17)18)8-5-7-10(2)9-14/h6,10H,4-5,7-9H2,1-3H3,(H,15,16)(H,17,18)/b11-6-. The van der Waals surface area contributed by atoms with Crippen LogP contribution >= 0.6 is 0 Å². The molecule has 1 fully saturated rings. The molecule has 0 spiro atoms. The maximum atomic E-state index is 12.0. The number of allylic oxidation sites excluding steroid dienone is 1. The Bertz CT molecular complexity index is 362. The second-order valence-corrected chi connectivity index (χ2v) is 5.34. The Labute approximate surface area is 108 Å². The van der Waals surface area contributed by atoms with E-state index in [0.29, 0.717) is 24.3 Å². The van der Waals surface area contributed by atoms with Gasteiger partial charge in [-0.1, -0.05) is 32.8 Å². The van der Waals surface area contributed by atoms with Gasteiger partial charge in [-0.25, -0.2) is 4.79 Å². The van der Waals surface area contributed by atoms with Crippen molar-refractivity contribution in [2.45, 2.75) is 58.4 Å². The Kier molecular flexibility index (Phi) is 4.93. The van der Waals surface area contributed by atoms with E-state index >= 15 is 0 Å². The maximum Gasteiger partial charge on any atom is 0.329 e. The summed E-state index contributed by atoms with van der Waals surface area (Å²) in [6.07, 6.45) is 5.52. The number of nitrogens with one attached hydrogen (secondary N) is 1. The lowest BCUT2D eigenvalue weighted by molar-refractivity contribution is -0.149. The molecule has 0 aliphatic heterocycles. The average Bonchev–Trinajstić information content (AvgIpc) is 2.29. The van der Waals surface area contributed by atoms with Gasteiger partial charge in [0.1, 0.15) is 5.54 Å². The average molecular weight is 253 g/mol. The zero-order valence-electron chi connectivity index (χ0n) is 11.5. The summed E-state index contributed by atoms with van der Waals surface area (Å²) >= 11 is 0. The number of carboxylic acids is 1. The van der Waals surface area contributed by atoms with E-state index in [1.807, 2.05) is 19.9 Å². The van der Waals surface area contributed by atoms with Crippen molar-refractivity contribution >= 4 is 11.9 Å². The lowest BCUT2D eigenvalue weighted by atomic mass is 9.76. The Morgan fingerprint density at radius 1 is 1.50 bits per heavy atom. The zero-order chi connectivity index (χ0) is 13.8. The Hall–Kier alpha value is -1.32. The molecule has 0 aromatic carbocycles. The number of hydrogen-bond donors (Lipinski definition) is 2. The molecule has 0 bridgehead atoms. The van der Waals surface area contributed by atoms with E-state index in [-0.39, 0.29) is 5.91 Å². The molecule has 1 rings (SSSR count). The molecule has 1 aliphatic rings. The number of carboxylic acid groups (broad SMARTS) is 1. The fourth-order valence-electron chi connectivity index (χ4n) is 2.63. The Morgan fingerprint density at radius 3 is 2.67 bits per heavy atom. The van der Waals surface area contributed by atoms with Gasteiger partial charge in [-0.3, -0.25) is 4.79 Å². The lowest BCUT2D eigenvalue weighted by Crippen LogP contribution is -2.57. The molecule has 1 aliphatic carbocycles. The predicted molar refractivity (Wildman–Crippen MR) is 70.2 cm³/mol. The minimum atomic E-state index is -1.07. The van der Waals surface area contributed by atoms with Crippen molar-refractivity contribution in [3.8, 4) is 0 Å². The summed E-state index contributed by atoms with van der Waals surface area (Å²) in [4.78, 5) is 23.5. The van der Waals surface area contributed by atoms with Crippen molar-refractivity contribution < 1.29 is 14.7 Å². The van der Waals surface area contributed by atoms with E-state index < -0.39 is 11.5 Å². The van der Waals surface area contributed by atoms with Crippen LogP contribution in [0.4, 0.5) is 0 Å². The molecule has 2 atom stereocenters. The first-order valence-electron chi connectivity index (χ1n) is 6.64. The van der Waals surface area contributed by atoms with Crippen molar-refractivity contribution in [1.29, 1.82) is 0 Å². The molecule has 4 nitrogen and oxygen atoms in total. The third kappa shape index (κ3) is 3.34. The monoisotopic (exact) mass is 253 g/mol. The zero-order valence-corrected chi connectivity index (χ0v) is 11.5. The first-order chi connectivity index (χ1) is 8.41. The number of hydrogen-bond acceptors (Lipinski definition) is 2. The highest BCUT2D eigenvalue weighted by Crippen LogP contribution is 2.32. The largest absolute Gasteiger partial charge is 0.480 e. The molecule has 4 heteroatoms. The SMILES string of the molecule is CC/C=C(/C)C(=O)NC1(C(=O)O)CCCC(C)C1. The van der Waals surface area contributed by atoms with E-state index in [4.69, 9.17) is 0 Å².